The average Bonchev–Trinajstić information content (AvgIpc) is 3.07. The number of carbonyl (C=O) groups excluding carboxylic acids is 2. The Bertz CT molecular complexity index is 1140. The highest BCUT2D eigenvalue weighted by molar-refractivity contribution is 6.34. The third kappa shape index (κ3) is 3.40. The molecule has 2 aromatic heterocycles. The summed E-state index contributed by atoms with van der Waals surface area (Å²) in [6.07, 6.45) is 1.48. The van der Waals surface area contributed by atoms with Gasteiger partial charge in [0.1, 0.15) is 23.6 Å². The van der Waals surface area contributed by atoms with Crippen molar-refractivity contribution >= 4 is 34.1 Å². The first kappa shape index (κ1) is 20.6. The van der Waals surface area contributed by atoms with Crippen molar-refractivity contribution < 1.29 is 18.7 Å². The topological polar surface area (TPSA) is 72.6 Å². The Balaban J connectivity index is 1.65. The molecule has 0 spiro atoms. The number of nitrogens with zero attached hydrogens (tertiary/aromatic N) is 2. The Kier molecular flexibility index (Phi) is 5.38. The number of hydrogen-bond acceptors (Lipinski definition) is 6. The normalized spacial score (nSPS) is 13.5. The van der Waals surface area contributed by atoms with E-state index in [9.17, 15) is 9.59 Å². The second-order valence-electron chi connectivity index (χ2n) is 7.92. The zero-order chi connectivity index (χ0) is 21.6. The van der Waals surface area contributed by atoms with E-state index in [-0.39, 0.29) is 28.4 Å². The number of furan rings is 1. The SMILES string of the molecule is CC(C)N(CCOc1cc2oc3c(c2cc1Cl)C(=O)c1cccnc1C3=O)C(C)C. The molecule has 0 fully saturated rings. The maximum atomic E-state index is 13.0. The van der Waals surface area contributed by atoms with Gasteiger partial charge in [0.2, 0.25) is 5.78 Å². The maximum Gasteiger partial charge on any atom is 0.248 e. The quantitative estimate of drug-likeness (QED) is 0.443. The number of rotatable bonds is 6. The third-order valence-electron chi connectivity index (χ3n) is 5.38. The van der Waals surface area contributed by atoms with Crippen molar-refractivity contribution in [3.63, 3.8) is 0 Å². The monoisotopic (exact) mass is 426 g/mol. The second-order valence-corrected chi connectivity index (χ2v) is 8.32. The summed E-state index contributed by atoms with van der Waals surface area (Å²) < 4.78 is 11.7. The molecule has 0 N–H and O–H groups in total. The van der Waals surface area contributed by atoms with Gasteiger partial charge < -0.3 is 9.15 Å². The van der Waals surface area contributed by atoms with Gasteiger partial charge in [-0.1, -0.05) is 11.6 Å². The van der Waals surface area contributed by atoms with Gasteiger partial charge in [-0.25, -0.2) is 0 Å². The zero-order valence-electron chi connectivity index (χ0n) is 17.4. The number of halogens is 1. The highest BCUT2D eigenvalue weighted by Crippen LogP contribution is 2.38. The molecule has 2 heterocycles. The number of aromatic nitrogens is 1. The zero-order valence-corrected chi connectivity index (χ0v) is 18.1. The van der Waals surface area contributed by atoms with Crippen molar-refractivity contribution in [1.82, 2.24) is 9.88 Å². The van der Waals surface area contributed by atoms with Crippen LogP contribution in [0.5, 0.6) is 5.75 Å². The molecule has 0 unspecified atom stereocenters. The first-order valence-corrected chi connectivity index (χ1v) is 10.4. The Morgan fingerprint density at radius 3 is 2.57 bits per heavy atom. The van der Waals surface area contributed by atoms with Crippen molar-refractivity contribution in [2.45, 2.75) is 39.8 Å². The molecule has 0 amide bonds. The molecule has 1 aromatic carbocycles. The van der Waals surface area contributed by atoms with Gasteiger partial charge in [0.15, 0.2) is 11.5 Å². The number of benzene rings is 1. The Morgan fingerprint density at radius 1 is 1.13 bits per heavy atom. The lowest BCUT2D eigenvalue weighted by Crippen LogP contribution is -2.39. The number of pyridine rings is 1. The molecule has 3 aromatic rings. The van der Waals surface area contributed by atoms with E-state index in [1.807, 2.05) is 0 Å². The summed E-state index contributed by atoms with van der Waals surface area (Å²) in [4.78, 5) is 32.1. The molecule has 30 heavy (non-hydrogen) atoms. The highest BCUT2D eigenvalue weighted by atomic mass is 35.5. The van der Waals surface area contributed by atoms with Gasteiger partial charge >= 0.3 is 0 Å². The van der Waals surface area contributed by atoms with Gasteiger partial charge in [0.05, 0.1) is 16.1 Å². The van der Waals surface area contributed by atoms with E-state index in [0.29, 0.717) is 40.4 Å². The van der Waals surface area contributed by atoms with E-state index in [0.717, 1.165) is 6.54 Å². The number of fused-ring (bicyclic) bond motifs is 4. The molecule has 0 bridgehead atoms. The van der Waals surface area contributed by atoms with E-state index in [1.54, 1.807) is 24.3 Å². The van der Waals surface area contributed by atoms with E-state index in [4.69, 9.17) is 20.8 Å². The van der Waals surface area contributed by atoms with Crippen LogP contribution in [-0.2, 0) is 0 Å². The first-order valence-electron chi connectivity index (χ1n) is 9.98. The Morgan fingerprint density at radius 2 is 1.87 bits per heavy atom. The predicted molar refractivity (Wildman–Crippen MR) is 115 cm³/mol. The molecule has 0 saturated carbocycles. The summed E-state index contributed by atoms with van der Waals surface area (Å²) in [5.41, 5.74) is 1.00. The smallest absolute Gasteiger partial charge is 0.248 e. The van der Waals surface area contributed by atoms with Crippen molar-refractivity contribution in [2.24, 2.45) is 0 Å². The molecule has 1 aliphatic rings. The van der Waals surface area contributed by atoms with Crippen molar-refractivity contribution in [1.29, 1.82) is 0 Å². The molecule has 1 aliphatic carbocycles. The maximum absolute atomic E-state index is 13.0. The van der Waals surface area contributed by atoms with Gasteiger partial charge in [-0.3, -0.25) is 19.5 Å². The molecule has 4 rings (SSSR count). The number of carbonyl (C=O) groups is 2. The van der Waals surface area contributed by atoms with Crippen molar-refractivity contribution in [3.8, 4) is 5.75 Å². The summed E-state index contributed by atoms with van der Waals surface area (Å²) in [6, 6.07) is 7.30. The van der Waals surface area contributed by atoms with E-state index < -0.39 is 5.78 Å². The second kappa shape index (κ2) is 7.85. The van der Waals surface area contributed by atoms with E-state index in [2.05, 4.69) is 37.6 Å². The molecule has 7 heteroatoms. The Labute approximate surface area is 179 Å². The third-order valence-corrected chi connectivity index (χ3v) is 5.67. The molecular formula is C23H23ClN2O4. The van der Waals surface area contributed by atoms with Gasteiger partial charge in [-0.15, -0.1) is 0 Å². The van der Waals surface area contributed by atoms with E-state index in [1.165, 1.54) is 6.20 Å². The minimum absolute atomic E-state index is 0.000192. The molecule has 0 atom stereocenters. The fourth-order valence-corrected chi connectivity index (χ4v) is 4.20. The molecule has 0 radical (unpaired) electrons. The van der Waals surface area contributed by atoms with Crippen LogP contribution in [0.25, 0.3) is 11.0 Å². The van der Waals surface area contributed by atoms with Crippen LogP contribution in [0.4, 0.5) is 0 Å². The predicted octanol–water partition coefficient (Wildman–Crippen LogP) is 4.75. The number of ketones is 2. The average molecular weight is 427 g/mol. The molecular weight excluding hydrogens is 404 g/mol. The summed E-state index contributed by atoms with van der Waals surface area (Å²) in [5, 5.41) is 0.866. The summed E-state index contributed by atoms with van der Waals surface area (Å²) >= 11 is 6.44. The van der Waals surface area contributed by atoms with Crippen molar-refractivity contribution in [3.05, 3.63) is 58.1 Å². The molecule has 156 valence electrons. The first-order chi connectivity index (χ1) is 14.3. The summed E-state index contributed by atoms with van der Waals surface area (Å²) in [6.45, 7) is 9.78. The van der Waals surface area contributed by atoms with Crippen LogP contribution in [0, 0.1) is 0 Å². The van der Waals surface area contributed by atoms with Crippen LogP contribution in [0.1, 0.15) is 59.9 Å². The van der Waals surface area contributed by atoms with Gasteiger partial charge in [0.25, 0.3) is 0 Å². The van der Waals surface area contributed by atoms with Gasteiger partial charge in [0, 0.05) is 36.3 Å². The summed E-state index contributed by atoms with van der Waals surface area (Å²) in [7, 11) is 0. The molecule has 0 saturated heterocycles. The molecule has 0 aliphatic heterocycles. The lowest BCUT2D eigenvalue weighted by atomic mass is 9.90. The fraction of sp³-hybridized carbons (Fsp3) is 0.348. The van der Waals surface area contributed by atoms with Crippen LogP contribution < -0.4 is 4.74 Å². The standard InChI is InChI=1S/C23H23ClN2O4/c1-12(2)26(13(3)4)8-9-29-18-11-17-15(10-16(18)24)19-21(27)14-6-5-7-25-20(14)22(28)23(19)30-17/h5-7,10-13H,8-9H2,1-4H3. The van der Waals surface area contributed by atoms with Crippen LogP contribution in [-0.4, -0.2) is 46.7 Å². The van der Waals surface area contributed by atoms with Crippen LogP contribution in [0.2, 0.25) is 5.02 Å². The lowest BCUT2D eigenvalue weighted by molar-refractivity contribution is 0.0958. The van der Waals surface area contributed by atoms with E-state index >= 15 is 0 Å². The lowest BCUT2D eigenvalue weighted by Gasteiger charge is -2.30. The van der Waals surface area contributed by atoms with Crippen LogP contribution in [0.15, 0.2) is 34.9 Å². The van der Waals surface area contributed by atoms with Gasteiger partial charge in [-0.2, -0.15) is 0 Å². The largest absolute Gasteiger partial charge is 0.491 e. The van der Waals surface area contributed by atoms with Crippen LogP contribution >= 0.6 is 11.6 Å². The molecule has 6 nitrogen and oxygen atoms in total. The minimum Gasteiger partial charge on any atom is -0.491 e. The fourth-order valence-electron chi connectivity index (χ4n) is 3.98. The summed E-state index contributed by atoms with van der Waals surface area (Å²) in [5.74, 6) is -0.237. The minimum atomic E-state index is -0.403. The van der Waals surface area contributed by atoms with Crippen molar-refractivity contribution in [2.75, 3.05) is 13.2 Å². The van der Waals surface area contributed by atoms with Crippen LogP contribution in [0.3, 0.4) is 0 Å². The Hall–Kier alpha value is -2.70. The van der Waals surface area contributed by atoms with Gasteiger partial charge in [-0.05, 0) is 45.9 Å². The highest BCUT2D eigenvalue weighted by Gasteiger charge is 2.36. The number of ether oxygens (including phenoxy) is 1. The number of hydrogen-bond donors (Lipinski definition) is 0.